The van der Waals surface area contributed by atoms with Gasteiger partial charge in [0.2, 0.25) is 0 Å². The fourth-order valence-electron chi connectivity index (χ4n) is 4.16. The Morgan fingerprint density at radius 2 is 1.89 bits per heavy atom. The van der Waals surface area contributed by atoms with Gasteiger partial charge in [-0.3, -0.25) is 4.79 Å². The van der Waals surface area contributed by atoms with E-state index in [0.29, 0.717) is 18.3 Å². The SMILES string of the molecule is C=C1C(=C)C(CC)(C(=O)O)C2CCC(CC2)C1C. The van der Waals surface area contributed by atoms with Crippen LogP contribution in [-0.4, -0.2) is 11.1 Å². The van der Waals surface area contributed by atoms with Gasteiger partial charge in [0.25, 0.3) is 0 Å². The standard InChI is InChI=1S/C16H24O2/c1-5-16(15(17)18)12(4)10(2)11(3)13-6-8-14(16)9-7-13/h11,13-14H,2,4-9H2,1,3H3,(H,17,18). The Hall–Kier alpha value is -1.05. The molecule has 0 spiro atoms. The number of carbonyl (C=O) groups is 1. The zero-order valence-electron chi connectivity index (χ0n) is 11.5. The third-order valence-electron chi connectivity index (χ3n) is 5.59. The number of fused-ring (bicyclic) bond motifs is 5. The van der Waals surface area contributed by atoms with Crippen molar-refractivity contribution in [2.24, 2.45) is 23.2 Å². The highest BCUT2D eigenvalue weighted by atomic mass is 16.4. The molecule has 0 aliphatic heterocycles. The molecule has 0 aromatic carbocycles. The first-order valence-electron chi connectivity index (χ1n) is 7.07. The van der Waals surface area contributed by atoms with Crippen LogP contribution in [0.25, 0.3) is 0 Å². The van der Waals surface area contributed by atoms with Crippen molar-refractivity contribution in [2.75, 3.05) is 0 Å². The zero-order chi connectivity index (χ0) is 13.5. The van der Waals surface area contributed by atoms with Crippen LogP contribution in [0.5, 0.6) is 0 Å². The Morgan fingerprint density at radius 1 is 1.33 bits per heavy atom. The minimum Gasteiger partial charge on any atom is -0.481 e. The summed E-state index contributed by atoms with van der Waals surface area (Å²) in [7, 11) is 0. The maximum absolute atomic E-state index is 11.9. The van der Waals surface area contributed by atoms with Gasteiger partial charge in [-0.15, -0.1) is 0 Å². The molecule has 0 heterocycles. The molecule has 2 nitrogen and oxygen atoms in total. The van der Waals surface area contributed by atoms with Crippen LogP contribution >= 0.6 is 0 Å². The van der Waals surface area contributed by atoms with Gasteiger partial charge in [-0.05, 0) is 61.0 Å². The van der Waals surface area contributed by atoms with E-state index >= 15 is 0 Å². The van der Waals surface area contributed by atoms with Crippen LogP contribution in [0.2, 0.25) is 0 Å². The Bertz CT molecular complexity index is 388. The maximum Gasteiger partial charge on any atom is 0.314 e. The Kier molecular flexibility index (Phi) is 3.39. The summed E-state index contributed by atoms with van der Waals surface area (Å²) in [5.74, 6) is 0.597. The molecule has 0 saturated heterocycles. The molecule has 3 fully saturated rings. The van der Waals surface area contributed by atoms with Crippen molar-refractivity contribution in [3.8, 4) is 0 Å². The predicted molar refractivity (Wildman–Crippen MR) is 73.3 cm³/mol. The lowest BCUT2D eigenvalue weighted by molar-refractivity contribution is -0.151. The lowest BCUT2D eigenvalue weighted by Gasteiger charge is -2.48. The summed E-state index contributed by atoms with van der Waals surface area (Å²) in [5, 5.41) is 9.80. The minimum atomic E-state index is -0.767. The predicted octanol–water partition coefficient (Wildman–Crippen LogP) is 4.04. The smallest absolute Gasteiger partial charge is 0.314 e. The maximum atomic E-state index is 11.9. The number of aliphatic carboxylic acids is 1. The van der Waals surface area contributed by atoms with Crippen LogP contribution in [0.3, 0.4) is 0 Å². The summed E-state index contributed by atoms with van der Waals surface area (Å²) < 4.78 is 0. The number of hydrogen-bond donors (Lipinski definition) is 1. The molecule has 3 saturated carbocycles. The Morgan fingerprint density at radius 3 is 2.33 bits per heavy atom. The Labute approximate surface area is 110 Å². The van der Waals surface area contributed by atoms with E-state index in [1.807, 2.05) is 6.92 Å². The molecule has 3 aliphatic rings. The second-order valence-corrected chi connectivity index (χ2v) is 6.03. The van der Waals surface area contributed by atoms with Crippen molar-refractivity contribution in [1.82, 2.24) is 0 Å². The lowest BCUT2D eigenvalue weighted by Crippen LogP contribution is -2.45. The van der Waals surface area contributed by atoms with Gasteiger partial charge >= 0.3 is 5.97 Å². The summed E-state index contributed by atoms with van der Waals surface area (Å²) in [4.78, 5) is 11.9. The first kappa shape index (κ1) is 13.4. The molecule has 1 N–H and O–H groups in total. The normalized spacial score (nSPS) is 40.4. The minimum absolute atomic E-state index is 0.244. The first-order chi connectivity index (χ1) is 8.45. The first-order valence-corrected chi connectivity index (χ1v) is 7.07. The van der Waals surface area contributed by atoms with Crippen molar-refractivity contribution in [3.63, 3.8) is 0 Å². The van der Waals surface area contributed by atoms with Gasteiger partial charge in [-0.25, -0.2) is 0 Å². The lowest BCUT2D eigenvalue weighted by atomic mass is 9.55. The number of carboxylic acids is 1. The van der Waals surface area contributed by atoms with Gasteiger partial charge in [0.15, 0.2) is 0 Å². The number of hydrogen-bond acceptors (Lipinski definition) is 1. The van der Waals surface area contributed by atoms with Crippen LogP contribution in [0, 0.1) is 23.2 Å². The fraction of sp³-hybridized carbons (Fsp3) is 0.688. The van der Waals surface area contributed by atoms with Crippen molar-refractivity contribution < 1.29 is 9.90 Å². The number of allylic oxidation sites excluding steroid dienone is 1. The molecule has 2 unspecified atom stereocenters. The van der Waals surface area contributed by atoms with E-state index in [1.165, 1.54) is 0 Å². The van der Waals surface area contributed by atoms with Crippen molar-refractivity contribution in [3.05, 3.63) is 24.3 Å². The highest BCUT2D eigenvalue weighted by molar-refractivity contribution is 5.80. The average Bonchev–Trinajstić information content (AvgIpc) is 2.37. The van der Waals surface area contributed by atoms with E-state index in [2.05, 4.69) is 20.1 Å². The van der Waals surface area contributed by atoms with Gasteiger partial charge < -0.3 is 5.11 Å². The topological polar surface area (TPSA) is 37.3 Å². The van der Waals surface area contributed by atoms with Gasteiger partial charge in [0.05, 0.1) is 5.41 Å². The largest absolute Gasteiger partial charge is 0.481 e. The summed E-state index contributed by atoms with van der Waals surface area (Å²) in [5.41, 5.74) is 1.00. The second-order valence-electron chi connectivity index (χ2n) is 6.03. The molecule has 0 radical (unpaired) electrons. The van der Waals surface area contributed by atoms with Crippen LogP contribution in [-0.2, 0) is 4.79 Å². The Balaban J connectivity index is 2.51. The average molecular weight is 248 g/mol. The quantitative estimate of drug-likeness (QED) is 0.801. The van der Waals surface area contributed by atoms with E-state index in [9.17, 15) is 9.90 Å². The molecule has 0 amide bonds. The third-order valence-corrected chi connectivity index (χ3v) is 5.59. The molecule has 3 rings (SSSR count). The van der Waals surface area contributed by atoms with Crippen molar-refractivity contribution in [1.29, 1.82) is 0 Å². The van der Waals surface area contributed by atoms with Gasteiger partial charge in [0, 0.05) is 0 Å². The van der Waals surface area contributed by atoms with Gasteiger partial charge in [0.1, 0.15) is 0 Å². The molecule has 2 atom stereocenters. The van der Waals surface area contributed by atoms with Crippen LogP contribution in [0.15, 0.2) is 24.3 Å². The van der Waals surface area contributed by atoms with Gasteiger partial charge in [-0.2, -0.15) is 0 Å². The molecular weight excluding hydrogens is 224 g/mol. The molecule has 18 heavy (non-hydrogen) atoms. The molecular formula is C16H24O2. The van der Waals surface area contributed by atoms with E-state index in [-0.39, 0.29) is 5.92 Å². The summed E-state index contributed by atoms with van der Waals surface area (Å²) in [6, 6.07) is 0. The van der Waals surface area contributed by atoms with E-state index in [1.54, 1.807) is 0 Å². The molecule has 0 aromatic heterocycles. The third kappa shape index (κ3) is 1.65. The van der Waals surface area contributed by atoms with Crippen molar-refractivity contribution >= 4 is 5.97 Å². The van der Waals surface area contributed by atoms with Crippen LogP contribution in [0.1, 0.15) is 46.0 Å². The van der Waals surface area contributed by atoms with Crippen LogP contribution < -0.4 is 0 Å². The zero-order valence-corrected chi connectivity index (χ0v) is 11.5. The molecule has 2 heteroatoms. The highest BCUT2D eigenvalue weighted by Gasteiger charge is 2.51. The molecule has 100 valence electrons. The summed E-state index contributed by atoms with van der Waals surface area (Å²) in [6.07, 6.45) is 4.98. The second kappa shape index (κ2) is 4.56. The summed E-state index contributed by atoms with van der Waals surface area (Å²) in [6.45, 7) is 12.5. The number of rotatable bonds is 2. The van der Waals surface area contributed by atoms with E-state index in [0.717, 1.165) is 36.8 Å². The molecule has 3 aliphatic carbocycles. The molecule has 0 aromatic rings. The van der Waals surface area contributed by atoms with Crippen molar-refractivity contribution in [2.45, 2.75) is 46.0 Å². The monoisotopic (exact) mass is 248 g/mol. The highest BCUT2D eigenvalue weighted by Crippen LogP contribution is 2.54. The fourth-order valence-corrected chi connectivity index (χ4v) is 4.16. The van der Waals surface area contributed by atoms with E-state index in [4.69, 9.17) is 0 Å². The molecule has 2 bridgehead atoms. The summed E-state index contributed by atoms with van der Waals surface area (Å²) >= 11 is 0. The number of carboxylic acid groups (broad SMARTS) is 1. The van der Waals surface area contributed by atoms with E-state index < -0.39 is 11.4 Å². The van der Waals surface area contributed by atoms with Gasteiger partial charge in [-0.1, -0.05) is 27.0 Å². The van der Waals surface area contributed by atoms with Crippen LogP contribution in [0.4, 0.5) is 0 Å².